The molecule has 1 aliphatic carbocycles. The Morgan fingerprint density at radius 1 is 1.16 bits per heavy atom. The number of ether oxygens (including phenoxy) is 1. The van der Waals surface area contributed by atoms with Crippen LogP contribution < -0.4 is 20.7 Å². The molecule has 8 nitrogen and oxygen atoms in total. The lowest BCUT2D eigenvalue weighted by atomic mass is 10.0. The highest BCUT2D eigenvalue weighted by molar-refractivity contribution is 5.96. The molecule has 0 spiro atoms. The number of aromatic nitrogens is 3. The number of nitrogens with zero attached hydrogens (tertiary/aromatic N) is 3. The lowest BCUT2D eigenvalue weighted by Gasteiger charge is -2.13. The van der Waals surface area contributed by atoms with Crippen LogP contribution in [0.5, 0.6) is 5.75 Å². The van der Waals surface area contributed by atoms with Crippen molar-refractivity contribution in [3.63, 3.8) is 0 Å². The number of carbonyl (C=O) groups excluding carboxylic acids is 1. The Bertz CT molecular complexity index is 1510. The molecule has 2 aliphatic rings. The maximum absolute atomic E-state index is 14.8. The van der Waals surface area contributed by atoms with E-state index in [0.29, 0.717) is 41.0 Å². The van der Waals surface area contributed by atoms with Gasteiger partial charge in [0, 0.05) is 48.3 Å². The van der Waals surface area contributed by atoms with Crippen molar-refractivity contribution in [2.24, 2.45) is 11.8 Å². The van der Waals surface area contributed by atoms with E-state index in [9.17, 15) is 13.6 Å². The van der Waals surface area contributed by atoms with E-state index >= 15 is 0 Å². The van der Waals surface area contributed by atoms with Crippen LogP contribution in [0.2, 0.25) is 0 Å². The van der Waals surface area contributed by atoms with E-state index < -0.39 is 11.6 Å². The van der Waals surface area contributed by atoms with Gasteiger partial charge < -0.3 is 20.7 Å². The van der Waals surface area contributed by atoms with E-state index in [4.69, 9.17) is 4.74 Å². The Morgan fingerprint density at radius 2 is 1.97 bits per heavy atom. The number of rotatable bonds is 7. The van der Waals surface area contributed by atoms with Crippen LogP contribution in [0.25, 0.3) is 16.9 Å². The molecule has 3 atom stereocenters. The number of methoxy groups -OCH3 is 1. The third kappa shape index (κ3) is 3.97. The minimum Gasteiger partial charge on any atom is -0.494 e. The van der Waals surface area contributed by atoms with Crippen molar-refractivity contribution >= 4 is 23.1 Å². The van der Waals surface area contributed by atoms with Crippen molar-refractivity contribution < 1.29 is 18.3 Å². The summed E-state index contributed by atoms with van der Waals surface area (Å²) in [6.45, 7) is 3.94. The van der Waals surface area contributed by atoms with Crippen molar-refractivity contribution in [2.45, 2.75) is 19.4 Å². The molecule has 0 radical (unpaired) electrons. The molecule has 190 valence electrons. The highest BCUT2D eigenvalue weighted by Gasteiger charge is 2.53. The van der Waals surface area contributed by atoms with Crippen molar-refractivity contribution in [3.8, 4) is 17.0 Å². The topological polar surface area (TPSA) is 92.6 Å². The molecule has 1 unspecified atom stereocenters. The van der Waals surface area contributed by atoms with E-state index in [1.54, 1.807) is 16.8 Å². The first kappa shape index (κ1) is 23.4. The van der Waals surface area contributed by atoms with Gasteiger partial charge in [0.25, 0.3) is 5.91 Å². The van der Waals surface area contributed by atoms with Gasteiger partial charge in [-0.3, -0.25) is 9.20 Å². The number of hydrogen-bond acceptors (Lipinski definition) is 6. The first-order valence-electron chi connectivity index (χ1n) is 12.3. The van der Waals surface area contributed by atoms with Gasteiger partial charge in [0.05, 0.1) is 19.0 Å². The minimum absolute atomic E-state index is 0.0466. The highest BCUT2D eigenvalue weighted by atomic mass is 19.2. The Labute approximate surface area is 212 Å². The van der Waals surface area contributed by atoms with Crippen LogP contribution in [-0.2, 0) is 6.42 Å². The third-order valence-electron chi connectivity index (χ3n) is 7.35. The maximum atomic E-state index is 14.8. The summed E-state index contributed by atoms with van der Waals surface area (Å²) in [5.74, 6) is -0.747. The Kier molecular flexibility index (Phi) is 5.75. The molecule has 1 amide bonds. The largest absolute Gasteiger partial charge is 0.494 e. The molecule has 2 aromatic carbocycles. The molecule has 1 saturated carbocycles. The Hall–Kier alpha value is -4.05. The van der Waals surface area contributed by atoms with Gasteiger partial charge in [-0.25, -0.2) is 14.4 Å². The summed E-state index contributed by atoms with van der Waals surface area (Å²) < 4.78 is 35.6. The van der Waals surface area contributed by atoms with Gasteiger partial charge >= 0.3 is 0 Å². The van der Waals surface area contributed by atoms with E-state index in [0.717, 1.165) is 24.3 Å². The molecular weight excluding hydrogens is 478 g/mol. The van der Waals surface area contributed by atoms with Crippen LogP contribution in [0.15, 0.2) is 48.9 Å². The quantitative estimate of drug-likeness (QED) is 0.353. The number of hydrogen-bond donors (Lipinski definition) is 3. The summed E-state index contributed by atoms with van der Waals surface area (Å²) in [5, 5.41) is 9.78. The van der Waals surface area contributed by atoms with Crippen LogP contribution >= 0.6 is 0 Å². The average Bonchev–Trinajstić information content (AvgIpc) is 3.25. The molecule has 1 aliphatic heterocycles. The summed E-state index contributed by atoms with van der Waals surface area (Å²) in [6.07, 6.45) is 5.35. The number of anilines is 2. The summed E-state index contributed by atoms with van der Waals surface area (Å²) in [4.78, 5) is 21.7. The number of amides is 1. The highest BCUT2D eigenvalue weighted by Crippen LogP contribution is 2.41. The van der Waals surface area contributed by atoms with Crippen LogP contribution in [0.4, 0.5) is 20.3 Å². The summed E-state index contributed by atoms with van der Waals surface area (Å²) in [5.41, 5.74) is 3.20. The van der Waals surface area contributed by atoms with E-state index in [1.165, 1.54) is 25.4 Å². The van der Waals surface area contributed by atoms with Crippen molar-refractivity contribution in [2.75, 3.05) is 25.5 Å². The maximum Gasteiger partial charge on any atom is 0.251 e. The van der Waals surface area contributed by atoms with E-state index in [2.05, 4.69) is 25.9 Å². The summed E-state index contributed by atoms with van der Waals surface area (Å²) in [7, 11) is 1.29. The molecule has 0 bridgehead atoms. The van der Waals surface area contributed by atoms with Crippen LogP contribution in [0, 0.1) is 23.5 Å². The van der Waals surface area contributed by atoms with E-state index in [1.807, 2.05) is 25.1 Å². The van der Waals surface area contributed by atoms with Crippen molar-refractivity contribution in [1.29, 1.82) is 0 Å². The summed E-state index contributed by atoms with van der Waals surface area (Å²) >= 11 is 0. The average molecular weight is 505 g/mol. The molecular formula is C27H26F2N6O2. The number of halogens is 2. The molecule has 6 rings (SSSR count). The van der Waals surface area contributed by atoms with Gasteiger partial charge in [-0.15, -0.1) is 0 Å². The Balaban J connectivity index is 1.27. The number of aryl methyl sites for hydroxylation is 1. The lowest BCUT2D eigenvalue weighted by molar-refractivity contribution is 0.0945. The number of benzene rings is 2. The lowest BCUT2D eigenvalue weighted by Crippen LogP contribution is -2.33. The fourth-order valence-electron chi connectivity index (χ4n) is 5.28. The molecule has 3 heterocycles. The molecule has 1 saturated heterocycles. The molecule has 10 heteroatoms. The van der Waals surface area contributed by atoms with Gasteiger partial charge in [-0.2, -0.15) is 4.39 Å². The minimum atomic E-state index is -1.06. The smallest absolute Gasteiger partial charge is 0.251 e. The number of piperidine rings is 1. The molecule has 2 fully saturated rings. The fourth-order valence-corrected chi connectivity index (χ4v) is 5.28. The molecule has 37 heavy (non-hydrogen) atoms. The van der Waals surface area contributed by atoms with Gasteiger partial charge in [0.15, 0.2) is 23.0 Å². The number of imidazole rings is 1. The molecule has 4 aromatic rings. The standard InChI is InChI=1S/C27H26F2N6O2/c1-3-14-10-15(4-5-16(14)27(36)34-24-18-11-30-12-19(18)24)33-25-26-32-13-20(35(26)9-8-31-25)17-6-7-21(37-2)23(29)22(17)28/h4-10,13,18-19,24,30H,3,11-12H2,1-2H3,(H,31,33)(H,34,36)/t18-,19+,24?. The number of nitrogens with one attached hydrogen (secondary N) is 3. The first-order valence-corrected chi connectivity index (χ1v) is 12.3. The van der Waals surface area contributed by atoms with Gasteiger partial charge in [0.2, 0.25) is 5.82 Å². The zero-order chi connectivity index (χ0) is 25.7. The number of carbonyl (C=O) groups is 1. The van der Waals surface area contributed by atoms with Gasteiger partial charge in [-0.05, 0) is 54.2 Å². The second kappa shape index (κ2) is 9.11. The fraction of sp³-hybridized carbons (Fsp3) is 0.296. The van der Waals surface area contributed by atoms with Crippen molar-refractivity contribution in [1.82, 2.24) is 25.0 Å². The van der Waals surface area contributed by atoms with Crippen molar-refractivity contribution in [3.05, 3.63) is 71.7 Å². The van der Waals surface area contributed by atoms with E-state index in [-0.39, 0.29) is 23.3 Å². The Morgan fingerprint density at radius 3 is 2.73 bits per heavy atom. The third-order valence-corrected chi connectivity index (χ3v) is 7.35. The SMILES string of the molecule is CCc1cc(Nc2nccn3c(-c4ccc(OC)c(F)c4F)cnc23)ccc1C(=O)NC1[C@H]2CNC[C@@H]12. The molecule has 3 N–H and O–H groups in total. The van der Waals surface area contributed by atoms with Gasteiger partial charge in [0.1, 0.15) is 0 Å². The zero-order valence-electron chi connectivity index (χ0n) is 20.4. The summed E-state index contributed by atoms with van der Waals surface area (Å²) in [6, 6.07) is 8.67. The zero-order valence-corrected chi connectivity index (χ0v) is 20.4. The van der Waals surface area contributed by atoms with Crippen LogP contribution in [-0.4, -0.2) is 46.5 Å². The normalized spacial score (nSPS) is 20.1. The second-order valence-electron chi connectivity index (χ2n) is 9.39. The second-order valence-corrected chi connectivity index (χ2v) is 9.39. The predicted molar refractivity (Wildman–Crippen MR) is 135 cm³/mol. The molecule has 2 aromatic heterocycles. The first-order chi connectivity index (χ1) is 18.0. The number of fused-ring (bicyclic) bond motifs is 2. The van der Waals surface area contributed by atoms with Gasteiger partial charge in [-0.1, -0.05) is 6.92 Å². The monoisotopic (exact) mass is 504 g/mol. The predicted octanol–water partition coefficient (Wildman–Crippen LogP) is 3.94. The van der Waals surface area contributed by atoms with Crippen LogP contribution in [0.1, 0.15) is 22.8 Å². The van der Waals surface area contributed by atoms with Crippen LogP contribution in [0.3, 0.4) is 0 Å².